The largest absolute Gasteiger partial charge is 0.373 e. The molecule has 3 nitrogen and oxygen atoms in total. The van der Waals surface area contributed by atoms with Crippen molar-refractivity contribution in [1.29, 1.82) is 0 Å². The van der Waals surface area contributed by atoms with Crippen molar-refractivity contribution in [3.05, 3.63) is 29.8 Å². The molecule has 1 aromatic carbocycles. The van der Waals surface area contributed by atoms with E-state index < -0.39 is 0 Å². The molecule has 2 rings (SSSR count). The van der Waals surface area contributed by atoms with Gasteiger partial charge in [-0.3, -0.25) is 4.79 Å². The number of carbonyl (C=O) groups excluding carboxylic acids is 1. The normalized spacial score (nSPS) is 15.6. The van der Waals surface area contributed by atoms with Gasteiger partial charge in [-0.05, 0) is 11.6 Å². The molecule has 4 heteroatoms. The zero-order valence-electron chi connectivity index (χ0n) is 9.32. The van der Waals surface area contributed by atoms with Gasteiger partial charge in [0, 0.05) is 32.4 Å². The average Bonchev–Trinajstić information content (AvgIpc) is 2.49. The lowest BCUT2D eigenvalue weighted by Gasteiger charge is -2.19. The van der Waals surface area contributed by atoms with Gasteiger partial charge in [-0.1, -0.05) is 34.1 Å². The number of halogens is 1. The molecule has 1 heterocycles. The van der Waals surface area contributed by atoms with Crippen molar-refractivity contribution in [3.63, 3.8) is 0 Å². The summed E-state index contributed by atoms with van der Waals surface area (Å²) >= 11 is 3.23. The number of carbonyl (C=O) groups is 1. The van der Waals surface area contributed by atoms with Crippen molar-refractivity contribution < 1.29 is 4.79 Å². The van der Waals surface area contributed by atoms with Crippen molar-refractivity contribution in [2.24, 2.45) is 0 Å². The molecular weight excluding hydrogens is 268 g/mol. The summed E-state index contributed by atoms with van der Waals surface area (Å²) < 4.78 is 0. The van der Waals surface area contributed by atoms with Crippen LogP contribution in [0.25, 0.3) is 0 Å². The van der Waals surface area contributed by atoms with Crippen LogP contribution < -0.4 is 4.90 Å². The van der Waals surface area contributed by atoms with Crippen molar-refractivity contribution in [2.45, 2.75) is 6.54 Å². The molecule has 1 aliphatic heterocycles. The Morgan fingerprint density at radius 3 is 2.88 bits per heavy atom. The smallest absolute Gasteiger partial charge is 0.233 e. The van der Waals surface area contributed by atoms with Crippen LogP contribution in [0.3, 0.4) is 0 Å². The first kappa shape index (κ1) is 11.5. The van der Waals surface area contributed by atoms with E-state index in [0.717, 1.165) is 13.1 Å². The predicted octanol–water partition coefficient (Wildman–Crippen LogP) is 1.86. The number of alkyl halides is 1. The predicted molar refractivity (Wildman–Crippen MR) is 68.9 cm³/mol. The molecule has 0 bridgehead atoms. The lowest BCUT2D eigenvalue weighted by molar-refractivity contribution is -0.128. The summed E-state index contributed by atoms with van der Waals surface area (Å²) in [6.07, 6.45) is 0. The molecule has 0 aromatic heterocycles. The molecule has 0 N–H and O–H groups in total. The van der Waals surface area contributed by atoms with Crippen LogP contribution in [0.2, 0.25) is 0 Å². The fourth-order valence-corrected chi connectivity index (χ4v) is 2.34. The Hall–Kier alpha value is -1.03. The van der Waals surface area contributed by atoms with Crippen LogP contribution >= 0.6 is 15.9 Å². The van der Waals surface area contributed by atoms with E-state index in [4.69, 9.17) is 0 Å². The highest BCUT2D eigenvalue weighted by atomic mass is 79.9. The van der Waals surface area contributed by atoms with Gasteiger partial charge in [0.2, 0.25) is 5.91 Å². The van der Waals surface area contributed by atoms with Crippen molar-refractivity contribution in [1.82, 2.24) is 4.90 Å². The molecule has 0 saturated heterocycles. The molecule has 0 unspecified atom stereocenters. The molecule has 0 radical (unpaired) electrons. The van der Waals surface area contributed by atoms with Gasteiger partial charge in [0.1, 0.15) is 0 Å². The number of likely N-dealkylation sites (N-methyl/N-ethyl adjacent to an activating group) is 1. The lowest BCUT2D eigenvalue weighted by atomic mass is 10.1. The van der Waals surface area contributed by atoms with Gasteiger partial charge in [-0.2, -0.15) is 0 Å². The van der Waals surface area contributed by atoms with Crippen LogP contribution in [-0.4, -0.2) is 36.3 Å². The first-order valence-electron chi connectivity index (χ1n) is 5.35. The topological polar surface area (TPSA) is 23.6 Å². The van der Waals surface area contributed by atoms with Crippen LogP contribution in [-0.2, 0) is 11.3 Å². The van der Waals surface area contributed by atoms with Gasteiger partial charge in [0.25, 0.3) is 0 Å². The molecule has 16 heavy (non-hydrogen) atoms. The van der Waals surface area contributed by atoms with E-state index in [9.17, 15) is 4.79 Å². The van der Waals surface area contributed by atoms with Gasteiger partial charge < -0.3 is 9.80 Å². The number of rotatable bonds is 1. The first-order valence-corrected chi connectivity index (χ1v) is 6.47. The molecule has 1 aliphatic rings. The van der Waals surface area contributed by atoms with E-state index in [0.29, 0.717) is 11.9 Å². The summed E-state index contributed by atoms with van der Waals surface area (Å²) in [5.41, 5.74) is 2.45. The second kappa shape index (κ2) is 4.87. The van der Waals surface area contributed by atoms with E-state index in [1.165, 1.54) is 11.3 Å². The Morgan fingerprint density at radius 1 is 1.38 bits per heavy atom. The number of nitrogens with zero attached hydrogens (tertiary/aromatic N) is 2. The maximum Gasteiger partial charge on any atom is 0.233 e. The molecule has 0 aliphatic carbocycles. The van der Waals surface area contributed by atoms with Crippen LogP contribution in [0.4, 0.5) is 5.69 Å². The quantitative estimate of drug-likeness (QED) is 0.734. The minimum absolute atomic E-state index is 0.158. The Balaban J connectivity index is 2.28. The van der Waals surface area contributed by atoms with Gasteiger partial charge in [0.05, 0.1) is 5.33 Å². The van der Waals surface area contributed by atoms with E-state index in [1.54, 1.807) is 0 Å². The van der Waals surface area contributed by atoms with Crippen molar-refractivity contribution >= 4 is 27.5 Å². The van der Waals surface area contributed by atoms with Gasteiger partial charge in [-0.25, -0.2) is 0 Å². The fourth-order valence-electron chi connectivity index (χ4n) is 1.99. The summed E-state index contributed by atoms with van der Waals surface area (Å²) in [5, 5.41) is 0.402. The Morgan fingerprint density at radius 2 is 2.12 bits per heavy atom. The molecule has 0 fully saturated rings. The van der Waals surface area contributed by atoms with E-state index in [2.05, 4.69) is 40.0 Å². The maximum atomic E-state index is 11.7. The zero-order valence-corrected chi connectivity index (χ0v) is 10.9. The molecule has 1 aromatic rings. The minimum atomic E-state index is 0.158. The van der Waals surface area contributed by atoms with Gasteiger partial charge >= 0.3 is 0 Å². The Labute approximate surface area is 104 Å². The van der Waals surface area contributed by atoms with E-state index in [-0.39, 0.29) is 5.91 Å². The number of anilines is 1. The summed E-state index contributed by atoms with van der Waals surface area (Å²) in [6, 6.07) is 8.26. The molecule has 1 amide bonds. The van der Waals surface area contributed by atoms with Crippen molar-refractivity contribution in [2.75, 3.05) is 30.4 Å². The van der Waals surface area contributed by atoms with Crippen LogP contribution in [0.15, 0.2) is 24.3 Å². The number of para-hydroxylation sites is 1. The molecule has 86 valence electrons. The number of hydrogen-bond donors (Lipinski definition) is 0. The summed E-state index contributed by atoms with van der Waals surface area (Å²) in [7, 11) is 2.07. The summed E-state index contributed by atoms with van der Waals surface area (Å²) in [4.78, 5) is 15.8. The number of fused-ring (bicyclic) bond motifs is 1. The highest BCUT2D eigenvalue weighted by molar-refractivity contribution is 9.09. The third kappa shape index (κ3) is 2.21. The molecule has 0 saturated carbocycles. The lowest BCUT2D eigenvalue weighted by Crippen LogP contribution is -2.34. The molecule has 0 atom stereocenters. The summed E-state index contributed by atoms with van der Waals surface area (Å²) in [5.74, 6) is 0.158. The Bertz CT molecular complexity index is 394. The van der Waals surface area contributed by atoms with Crippen LogP contribution in [0.5, 0.6) is 0 Å². The second-order valence-electron chi connectivity index (χ2n) is 4.00. The number of amides is 1. The van der Waals surface area contributed by atoms with Crippen LogP contribution in [0, 0.1) is 0 Å². The van der Waals surface area contributed by atoms with E-state index >= 15 is 0 Å². The molecular formula is C12H15BrN2O. The van der Waals surface area contributed by atoms with Crippen LogP contribution in [0.1, 0.15) is 5.56 Å². The monoisotopic (exact) mass is 282 g/mol. The van der Waals surface area contributed by atoms with Gasteiger partial charge in [-0.15, -0.1) is 0 Å². The SMILES string of the molecule is CN1CCN(C(=O)CBr)Cc2ccccc21. The highest BCUT2D eigenvalue weighted by Gasteiger charge is 2.19. The Kier molecular flexibility index (Phi) is 3.49. The number of hydrogen-bond acceptors (Lipinski definition) is 2. The average molecular weight is 283 g/mol. The third-order valence-corrected chi connectivity index (χ3v) is 3.42. The van der Waals surface area contributed by atoms with E-state index in [1.807, 2.05) is 17.0 Å². The standard InChI is InChI=1S/C12H15BrN2O/c1-14-6-7-15(12(16)8-13)9-10-4-2-3-5-11(10)14/h2-5H,6-9H2,1H3. The fraction of sp³-hybridized carbons (Fsp3) is 0.417. The summed E-state index contributed by atoms with van der Waals surface area (Å²) in [6.45, 7) is 2.39. The maximum absolute atomic E-state index is 11.7. The number of benzene rings is 1. The molecule has 0 spiro atoms. The third-order valence-electron chi connectivity index (χ3n) is 2.94. The first-order chi connectivity index (χ1) is 7.72. The minimum Gasteiger partial charge on any atom is -0.373 e. The zero-order chi connectivity index (χ0) is 11.5. The van der Waals surface area contributed by atoms with Crippen molar-refractivity contribution in [3.8, 4) is 0 Å². The second-order valence-corrected chi connectivity index (χ2v) is 4.56. The highest BCUT2D eigenvalue weighted by Crippen LogP contribution is 2.23. The van der Waals surface area contributed by atoms with Gasteiger partial charge in [0.15, 0.2) is 0 Å².